The molecule has 4 nitrogen and oxygen atoms in total. The highest BCUT2D eigenvalue weighted by molar-refractivity contribution is 9.10. The molecule has 2 aromatic carbocycles. The number of carbonyl (C=O) groups excluding carboxylic acids is 1. The summed E-state index contributed by atoms with van der Waals surface area (Å²) in [7, 11) is 0. The van der Waals surface area contributed by atoms with E-state index in [9.17, 15) is 4.79 Å². The molecule has 0 aliphatic rings. The van der Waals surface area contributed by atoms with Gasteiger partial charge in [0.1, 0.15) is 11.3 Å². The number of furan rings is 1. The molecule has 124 valence electrons. The number of amides is 2. The van der Waals surface area contributed by atoms with E-state index in [4.69, 9.17) is 4.42 Å². The number of halogens is 1. The van der Waals surface area contributed by atoms with E-state index >= 15 is 0 Å². The van der Waals surface area contributed by atoms with E-state index in [1.54, 1.807) is 0 Å². The van der Waals surface area contributed by atoms with Gasteiger partial charge in [-0.3, -0.25) is 0 Å². The van der Waals surface area contributed by atoms with Crippen molar-refractivity contribution in [1.82, 2.24) is 10.6 Å². The van der Waals surface area contributed by atoms with Gasteiger partial charge in [0.2, 0.25) is 0 Å². The van der Waals surface area contributed by atoms with Gasteiger partial charge in [0.15, 0.2) is 0 Å². The van der Waals surface area contributed by atoms with E-state index in [-0.39, 0.29) is 18.1 Å². The van der Waals surface area contributed by atoms with Crippen LogP contribution in [0.25, 0.3) is 11.0 Å². The third kappa shape index (κ3) is 3.62. The highest BCUT2D eigenvalue weighted by atomic mass is 79.9. The Morgan fingerprint density at radius 3 is 2.42 bits per heavy atom. The van der Waals surface area contributed by atoms with Crippen LogP contribution in [0.3, 0.4) is 0 Å². The zero-order chi connectivity index (χ0) is 17.1. The Hall–Kier alpha value is -2.27. The van der Waals surface area contributed by atoms with Gasteiger partial charge in [0, 0.05) is 9.86 Å². The lowest BCUT2D eigenvalue weighted by molar-refractivity contribution is 0.233. The SMILES string of the molecule is C[C@H](NC(=O)N[C@H](C)c1ccccc1Br)c1cc2ccccc2o1. The van der Waals surface area contributed by atoms with Crippen LogP contribution in [-0.4, -0.2) is 6.03 Å². The average molecular weight is 387 g/mol. The number of urea groups is 1. The summed E-state index contributed by atoms with van der Waals surface area (Å²) in [5.74, 6) is 0.736. The van der Waals surface area contributed by atoms with Crippen LogP contribution >= 0.6 is 15.9 Å². The molecule has 0 aliphatic carbocycles. The van der Waals surface area contributed by atoms with Crippen LogP contribution in [0.15, 0.2) is 63.5 Å². The predicted molar refractivity (Wildman–Crippen MR) is 98.9 cm³/mol. The minimum atomic E-state index is -0.230. The minimum Gasteiger partial charge on any atom is -0.459 e. The first kappa shape index (κ1) is 16.6. The highest BCUT2D eigenvalue weighted by Gasteiger charge is 2.16. The van der Waals surface area contributed by atoms with E-state index in [1.165, 1.54) is 0 Å². The van der Waals surface area contributed by atoms with Crippen LogP contribution in [0.4, 0.5) is 4.79 Å². The van der Waals surface area contributed by atoms with E-state index < -0.39 is 0 Å². The fourth-order valence-corrected chi connectivity index (χ4v) is 3.25. The van der Waals surface area contributed by atoms with Crippen LogP contribution in [0.1, 0.15) is 37.3 Å². The van der Waals surface area contributed by atoms with Crippen LogP contribution in [-0.2, 0) is 0 Å². The Bertz CT molecular complexity index is 826. The van der Waals surface area contributed by atoms with Crippen molar-refractivity contribution in [3.05, 3.63) is 70.4 Å². The fraction of sp³-hybridized carbons (Fsp3) is 0.211. The second-order valence-corrected chi connectivity index (χ2v) is 6.62. The summed E-state index contributed by atoms with van der Waals surface area (Å²) < 4.78 is 6.76. The molecule has 0 spiro atoms. The molecular weight excluding hydrogens is 368 g/mol. The van der Waals surface area contributed by atoms with E-state index in [0.717, 1.165) is 26.8 Å². The maximum atomic E-state index is 12.3. The molecule has 0 bridgehead atoms. The van der Waals surface area contributed by atoms with Gasteiger partial charge in [-0.1, -0.05) is 52.3 Å². The summed E-state index contributed by atoms with van der Waals surface area (Å²) in [6, 6.07) is 17.0. The zero-order valence-electron chi connectivity index (χ0n) is 13.5. The molecule has 1 heterocycles. The van der Waals surface area contributed by atoms with Gasteiger partial charge in [-0.15, -0.1) is 0 Å². The van der Waals surface area contributed by atoms with Crippen molar-refractivity contribution >= 4 is 32.9 Å². The van der Waals surface area contributed by atoms with Crippen molar-refractivity contribution in [3.8, 4) is 0 Å². The monoisotopic (exact) mass is 386 g/mol. The zero-order valence-corrected chi connectivity index (χ0v) is 15.1. The minimum absolute atomic E-state index is 0.108. The molecule has 0 saturated carbocycles. The van der Waals surface area contributed by atoms with Crippen molar-refractivity contribution in [2.75, 3.05) is 0 Å². The third-order valence-corrected chi connectivity index (χ3v) is 4.66. The molecule has 2 atom stereocenters. The molecule has 5 heteroatoms. The quantitative estimate of drug-likeness (QED) is 0.637. The second kappa shape index (κ2) is 7.09. The lowest BCUT2D eigenvalue weighted by Crippen LogP contribution is -2.38. The molecule has 2 amide bonds. The molecule has 3 rings (SSSR count). The van der Waals surface area contributed by atoms with Crippen LogP contribution < -0.4 is 10.6 Å². The maximum Gasteiger partial charge on any atom is 0.315 e. The molecule has 0 unspecified atom stereocenters. The molecule has 0 radical (unpaired) electrons. The molecular formula is C19H19BrN2O2. The summed E-state index contributed by atoms with van der Waals surface area (Å²) in [5.41, 5.74) is 1.85. The lowest BCUT2D eigenvalue weighted by Gasteiger charge is -2.18. The molecule has 24 heavy (non-hydrogen) atoms. The third-order valence-electron chi connectivity index (χ3n) is 3.94. The summed E-state index contributed by atoms with van der Waals surface area (Å²) in [4.78, 5) is 12.3. The molecule has 1 aromatic heterocycles. The number of para-hydroxylation sites is 1. The van der Waals surface area contributed by atoms with Crippen LogP contribution in [0.2, 0.25) is 0 Å². The number of nitrogens with one attached hydrogen (secondary N) is 2. The number of benzene rings is 2. The topological polar surface area (TPSA) is 54.3 Å². The van der Waals surface area contributed by atoms with Gasteiger partial charge in [-0.25, -0.2) is 4.79 Å². The molecule has 0 fully saturated rings. The summed E-state index contributed by atoms with van der Waals surface area (Å²) in [5, 5.41) is 6.90. The van der Waals surface area contributed by atoms with Gasteiger partial charge in [0.25, 0.3) is 0 Å². The molecule has 0 aliphatic heterocycles. The Kier molecular flexibility index (Phi) is 4.90. The smallest absolute Gasteiger partial charge is 0.315 e. The standard InChI is InChI=1S/C19H19BrN2O2/c1-12(15-8-4-5-9-16(15)20)21-19(23)22-13(2)18-11-14-7-3-6-10-17(14)24-18/h3-13H,1-2H3,(H2,21,22,23)/t12-,13+/m1/s1. The van der Waals surface area contributed by atoms with Crippen LogP contribution in [0, 0.1) is 0 Å². The largest absolute Gasteiger partial charge is 0.459 e. The first-order valence-electron chi connectivity index (χ1n) is 7.84. The van der Waals surface area contributed by atoms with Gasteiger partial charge in [0.05, 0.1) is 12.1 Å². The summed E-state index contributed by atoms with van der Waals surface area (Å²) >= 11 is 3.51. The Morgan fingerprint density at radius 1 is 1.00 bits per heavy atom. The molecule has 2 N–H and O–H groups in total. The normalized spacial score (nSPS) is 13.5. The van der Waals surface area contributed by atoms with Gasteiger partial charge in [-0.2, -0.15) is 0 Å². The number of carbonyl (C=O) groups is 1. The van der Waals surface area contributed by atoms with Crippen molar-refractivity contribution in [3.63, 3.8) is 0 Å². The first-order valence-corrected chi connectivity index (χ1v) is 8.64. The Balaban J connectivity index is 1.64. The highest BCUT2D eigenvalue weighted by Crippen LogP contribution is 2.24. The molecule has 3 aromatic rings. The predicted octanol–water partition coefficient (Wildman–Crippen LogP) is 5.32. The number of rotatable bonds is 4. The van der Waals surface area contributed by atoms with Crippen molar-refractivity contribution in [2.45, 2.75) is 25.9 Å². The fourth-order valence-electron chi connectivity index (χ4n) is 2.63. The van der Waals surface area contributed by atoms with E-state index in [0.29, 0.717) is 0 Å². The number of hydrogen-bond acceptors (Lipinski definition) is 2. The van der Waals surface area contributed by atoms with Gasteiger partial charge in [-0.05, 0) is 37.6 Å². The van der Waals surface area contributed by atoms with Gasteiger partial charge >= 0.3 is 6.03 Å². The van der Waals surface area contributed by atoms with E-state index in [2.05, 4.69) is 26.6 Å². The van der Waals surface area contributed by atoms with Crippen molar-refractivity contribution < 1.29 is 9.21 Å². The Labute approximate surface area is 149 Å². The van der Waals surface area contributed by atoms with Crippen LogP contribution in [0.5, 0.6) is 0 Å². The van der Waals surface area contributed by atoms with Gasteiger partial charge < -0.3 is 15.1 Å². The number of fused-ring (bicyclic) bond motifs is 1. The first-order chi connectivity index (χ1) is 11.5. The average Bonchev–Trinajstić information content (AvgIpc) is 2.99. The summed E-state index contributed by atoms with van der Waals surface area (Å²) in [6.45, 7) is 3.85. The number of hydrogen-bond donors (Lipinski definition) is 2. The summed E-state index contributed by atoms with van der Waals surface area (Å²) in [6.07, 6.45) is 0. The van der Waals surface area contributed by atoms with E-state index in [1.807, 2.05) is 68.4 Å². The molecule has 0 saturated heterocycles. The lowest BCUT2D eigenvalue weighted by atomic mass is 10.1. The Morgan fingerprint density at radius 2 is 1.67 bits per heavy atom. The van der Waals surface area contributed by atoms with Crippen molar-refractivity contribution in [1.29, 1.82) is 0 Å². The maximum absolute atomic E-state index is 12.3. The second-order valence-electron chi connectivity index (χ2n) is 5.77. The van der Waals surface area contributed by atoms with Crippen molar-refractivity contribution in [2.24, 2.45) is 0 Å².